The second-order valence-corrected chi connectivity index (χ2v) is 8.20. The first kappa shape index (κ1) is 21.0. The van der Waals surface area contributed by atoms with Gasteiger partial charge in [0, 0.05) is 45.3 Å². The third-order valence-corrected chi connectivity index (χ3v) is 5.37. The Balaban J connectivity index is 1.94. The first-order valence-corrected chi connectivity index (χ1v) is 9.96. The Morgan fingerprint density at radius 1 is 1.19 bits per heavy atom. The summed E-state index contributed by atoms with van der Waals surface area (Å²) in [5.41, 5.74) is 0.00432. The van der Waals surface area contributed by atoms with Gasteiger partial charge in [-0.2, -0.15) is 0 Å². The van der Waals surface area contributed by atoms with Gasteiger partial charge in [0.2, 0.25) is 5.91 Å². The van der Waals surface area contributed by atoms with Crippen LogP contribution >= 0.6 is 0 Å². The number of carbonyl (C=O) groups excluding carboxylic acids is 1. The summed E-state index contributed by atoms with van der Waals surface area (Å²) in [7, 11) is 3.53. The molecule has 0 bridgehead atoms. The van der Waals surface area contributed by atoms with Crippen LogP contribution in [0.5, 0.6) is 0 Å². The molecule has 0 spiro atoms. The number of morpholine rings is 1. The minimum atomic E-state index is 0.00432. The molecule has 1 saturated heterocycles. The standard InChI is InChI=1S/C19H37N5O2/c1-19(2,24-10-12-26-13-11-24)15-21-18(20-14-17(25)23(3)4)22-16-8-6-5-7-9-16/h16H,5-15H2,1-4H3,(H2,20,21,22). The number of carbonyl (C=O) groups is 1. The van der Waals surface area contributed by atoms with E-state index >= 15 is 0 Å². The van der Waals surface area contributed by atoms with E-state index in [-0.39, 0.29) is 18.0 Å². The average Bonchev–Trinajstić information content (AvgIpc) is 2.65. The number of likely N-dealkylation sites (N-methyl/N-ethyl adjacent to an activating group) is 1. The van der Waals surface area contributed by atoms with E-state index in [1.807, 2.05) is 0 Å². The molecule has 2 N–H and O–H groups in total. The third kappa shape index (κ3) is 6.76. The summed E-state index contributed by atoms with van der Waals surface area (Å²) in [4.78, 5) is 20.5. The van der Waals surface area contributed by atoms with Crippen molar-refractivity contribution in [1.29, 1.82) is 0 Å². The van der Waals surface area contributed by atoms with Crippen LogP contribution in [0.15, 0.2) is 4.99 Å². The maximum Gasteiger partial charge on any atom is 0.243 e. The second-order valence-electron chi connectivity index (χ2n) is 8.20. The maximum atomic E-state index is 11.9. The molecule has 0 aromatic heterocycles. The van der Waals surface area contributed by atoms with Crippen molar-refractivity contribution in [3.8, 4) is 0 Å². The molecule has 26 heavy (non-hydrogen) atoms. The van der Waals surface area contributed by atoms with Gasteiger partial charge in [-0.05, 0) is 26.7 Å². The number of nitrogens with one attached hydrogen (secondary N) is 2. The molecule has 1 aliphatic carbocycles. The molecule has 0 unspecified atom stereocenters. The van der Waals surface area contributed by atoms with E-state index in [1.165, 1.54) is 32.1 Å². The first-order chi connectivity index (χ1) is 12.4. The summed E-state index contributed by atoms with van der Waals surface area (Å²) in [6.45, 7) is 8.94. The fourth-order valence-corrected chi connectivity index (χ4v) is 3.46. The molecule has 7 nitrogen and oxygen atoms in total. The van der Waals surface area contributed by atoms with Crippen LogP contribution in [0.2, 0.25) is 0 Å². The van der Waals surface area contributed by atoms with E-state index in [2.05, 4.69) is 34.4 Å². The fourth-order valence-electron chi connectivity index (χ4n) is 3.46. The van der Waals surface area contributed by atoms with E-state index in [1.54, 1.807) is 19.0 Å². The molecule has 1 heterocycles. The van der Waals surface area contributed by atoms with Crippen LogP contribution in [0.1, 0.15) is 46.0 Å². The molecule has 0 aromatic carbocycles. The minimum Gasteiger partial charge on any atom is -0.379 e. The van der Waals surface area contributed by atoms with Gasteiger partial charge in [0.25, 0.3) is 0 Å². The summed E-state index contributed by atoms with van der Waals surface area (Å²) in [5.74, 6) is 0.774. The number of hydrogen-bond donors (Lipinski definition) is 2. The van der Waals surface area contributed by atoms with E-state index in [0.29, 0.717) is 6.04 Å². The van der Waals surface area contributed by atoms with Crippen LogP contribution in [0.3, 0.4) is 0 Å². The Kier molecular flexibility index (Phi) is 8.15. The lowest BCUT2D eigenvalue weighted by molar-refractivity contribution is -0.127. The molecule has 150 valence electrons. The zero-order valence-electron chi connectivity index (χ0n) is 17.0. The van der Waals surface area contributed by atoms with Crippen molar-refractivity contribution < 1.29 is 9.53 Å². The molecule has 1 amide bonds. The number of amides is 1. The van der Waals surface area contributed by atoms with E-state index in [0.717, 1.165) is 38.8 Å². The van der Waals surface area contributed by atoms with E-state index in [9.17, 15) is 4.79 Å². The summed E-state index contributed by atoms with van der Waals surface area (Å²) in [6.07, 6.45) is 6.20. The van der Waals surface area contributed by atoms with Gasteiger partial charge in [0.15, 0.2) is 5.96 Å². The van der Waals surface area contributed by atoms with Gasteiger partial charge in [-0.25, -0.2) is 4.99 Å². The molecule has 1 aliphatic heterocycles. The number of nitrogens with zero attached hydrogens (tertiary/aromatic N) is 3. The molecule has 2 aliphatic rings. The summed E-state index contributed by atoms with van der Waals surface area (Å²) >= 11 is 0. The summed E-state index contributed by atoms with van der Waals surface area (Å²) < 4.78 is 5.47. The molecule has 2 rings (SSSR count). The van der Waals surface area contributed by atoms with E-state index < -0.39 is 0 Å². The fraction of sp³-hybridized carbons (Fsp3) is 0.895. The van der Waals surface area contributed by atoms with Gasteiger partial charge in [-0.3, -0.25) is 9.69 Å². The van der Waals surface area contributed by atoms with E-state index in [4.69, 9.17) is 4.74 Å². The predicted octanol–water partition coefficient (Wildman–Crippen LogP) is 1.05. The van der Waals surface area contributed by atoms with Gasteiger partial charge >= 0.3 is 0 Å². The average molecular weight is 368 g/mol. The van der Waals surface area contributed by atoms with Crippen LogP contribution in [0.4, 0.5) is 0 Å². The Morgan fingerprint density at radius 3 is 2.46 bits per heavy atom. The van der Waals surface area contributed by atoms with Crippen LogP contribution in [-0.4, -0.2) is 86.7 Å². The third-order valence-electron chi connectivity index (χ3n) is 5.37. The highest BCUT2D eigenvalue weighted by Gasteiger charge is 2.28. The summed E-state index contributed by atoms with van der Waals surface area (Å²) in [5, 5.41) is 7.04. The Morgan fingerprint density at radius 2 is 1.85 bits per heavy atom. The van der Waals surface area contributed by atoms with Gasteiger partial charge in [0.1, 0.15) is 6.54 Å². The lowest BCUT2D eigenvalue weighted by atomic mass is 9.96. The zero-order valence-corrected chi connectivity index (χ0v) is 17.0. The largest absolute Gasteiger partial charge is 0.379 e. The van der Waals surface area contributed by atoms with Crippen LogP contribution in [0.25, 0.3) is 0 Å². The molecule has 7 heteroatoms. The zero-order chi connectivity index (χ0) is 19.0. The molecule has 0 radical (unpaired) electrons. The van der Waals surface area contributed by atoms with Crippen molar-refractivity contribution in [2.24, 2.45) is 4.99 Å². The molecular formula is C19H37N5O2. The molecular weight excluding hydrogens is 330 g/mol. The SMILES string of the molecule is CN(C)C(=O)CN=C(NCC(C)(C)N1CCOCC1)NC1CCCCC1. The minimum absolute atomic E-state index is 0.00432. The normalized spacial score (nSPS) is 20.7. The van der Waals surface area contributed by atoms with Crippen LogP contribution in [0, 0.1) is 0 Å². The van der Waals surface area contributed by atoms with Crippen molar-refractivity contribution in [2.75, 3.05) is 53.5 Å². The predicted molar refractivity (Wildman–Crippen MR) is 105 cm³/mol. The van der Waals surface area contributed by atoms with Crippen molar-refractivity contribution >= 4 is 11.9 Å². The number of rotatable bonds is 6. The van der Waals surface area contributed by atoms with Gasteiger partial charge < -0.3 is 20.3 Å². The monoisotopic (exact) mass is 367 g/mol. The van der Waals surface area contributed by atoms with Gasteiger partial charge in [-0.1, -0.05) is 19.3 Å². The van der Waals surface area contributed by atoms with Gasteiger partial charge in [-0.15, -0.1) is 0 Å². The first-order valence-electron chi connectivity index (χ1n) is 9.96. The topological polar surface area (TPSA) is 69.2 Å². The number of aliphatic imine (C=N–C) groups is 1. The number of ether oxygens (including phenoxy) is 1. The lowest BCUT2D eigenvalue weighted by Crippen LogP contribution is -2.57. The van der Waals surface area contributed by atoms with Crippen molar-refractivity contribution in [3.63, 3.8) is 0 Å². The number of hydrogen-bond acceptors (Lipinski definition) is 4. The Hall–Kier alpha value is -1.34. The van der Waals surface area contributed by atoms with Crippen molar-refractivity contribution in [3.05, 3.63) is 0 Å². The Bertz CT molecular complexity index is 467. The second kappa shape index (κ2) is 10.1. The summed E-state index contributed by atoms with van der Waals surface area (Å²) in [6, 6.07) is 0.455. The lowest BCUT2D eigenvalue weighted by Gasteiger charge is -2.41. The highest BCUT2D eigenvalue weighted by Crippen LogP contribution is 2.18. The quantitative estimate of drug-likeness (QED) is 0.543. The highest BCUT2D eigenvalue weighted by atomic mass is 16.5. The maximum absolute atomic E-state index is 11.9. The van der Waals surface area contributed by atoms with Crippen LogP contribution < -0.4 is 10.6 Å². The highest BCUT2D eigenvalue weighted by molar-refractivity contribution is 5.85. The van der Waals surface area contributed by atoms with Gasteiger partial charge in [0.05, 0.1) is 13.2 Å². The Labute approximate surface area is 158 Å². The molecule has 0 atom stereocenters. The van der Waals surface area contributed by atoms with Crippen molar-refractivity contribution in [1.82, 2.24) is 20.4 Å². The molecule has 2 fully saturated rings. The van der Waals surface area contributed by atoms with Crippen LogP contribution in [-0.2, 0) is 9.53 Å². The number of guanidine groups is 1. The van der Waals surface area contributed by atoms with Crippen molar-refractivity contribution in [2.45, 2.75) is 57.5 Å². The molecule has 0 aromatic rings. The smallest absolute Gasteiger partial charge is 0.243 e. The molecule has 1 saturated carbocycles.